The fraction of sp³-hybridized carbons (Fsp3) is 0.111. The van der Waals surface area contributed by atoms with Crippen LogP contribution in [0.5, 0.6) is 0 Å². The molecular weight excluding hydrogens is 410 g/mol. The maximum absolute atomic E-state index is 12.7. The minimum Gasteiger partial charge on any atom is -0.382 e. The molecule has 0 aliphatic rings. The van der Waals surface area contributed by atoms with Gasteiger partial charge in [0.1, 0.15) is 5.69 Å². The normalized spacial score (nSPS) is 11.1. The van der Waals surface area contributed by atoms with Crippen LogP contribution in [0.15, 0.2) is 47.8 Å². The van der Waals surface area contributed by atoms with E-state index in [-0.39, 0.29) is 28.8 Å². The molecule has 0 fully saturated rings. The predicted octanol–water partition coefficient (Wildman–Crippen LogP) is 0.348. The van der Waals surface area contributed by atoms with Gasteiger partial charge in [0.15, 0.2) is 11.6 Å². The predicted molar refractivity (Wildman–Crippen MR) is 107 cm³/mol. The van der Waals surface area contributed by atoms with Crippen LogP contribution >= 0.6 is 0 Å². The van der Waals surface area contributed by atoms with Crippen molar-refractivity contribution >= 4 is 33.5 Å². The zero-order valence-electron chi connectivity index (χ0n) is 15.7. The van der Waals surface area contributed by atoms with E-state index in [1.165, 1.54) is 42.9 Å². The van der Waals surface area contributed by atoms with E-state index < -0.39 is 21.7 Å². The second kappa shape index (κ2) is 8.21. The summed E-state index contributed by atoms with van der Waals surface area (Å²) in [5, 5.41) is 0. The molecule has 0 bridgehead atoms. The molecule has 3 rings (SSSR count). The lowest BCUT2D eigenvalue weighted by molar-refractivity contribution is -0.117. The minimum absolute atomic E-state index is 0.0285. The lowest BCUT2D eigenvalue weighted by atomic mass is 10.1. The van der Waals surface area contributed by atoms with E-state index in [2.05, 4.69) is 19.9 Å². The number of hydrogen-bond donors (Lipinski definition) is 3. The van der Waals surface area contributed by atoms with Gasteiger partial charge in [0, 0.05) is 31.3 Å². The van der Waals surface area contributed by atoms with Crippen molar-refractivity contribution in [3.05, 3.63) is 54.1 Å². The number of carbonyl (C=O) groups is 2. The average molecular weight is 427 g/mol. The number of nitrogens with zero attached hydrogens (tertiary/aromatic N) is 4. The van der Waals surface area contributed by atoms with Crippen LogP contribution < -0.4 is 16.2 Å². The maximum Gasteiger partial charge on any atom is 0.264 e. The van der Waals surface area contributed by atoms with E-state index in [1.54, 1.807) is 0 Å². The second-order valence-corrected chi connectivity index (χ2v) is 7.91. The number of benzene rings is 1. The Morgan fingerprint density at radius 2 is 1.63 bits per heavy atom. The fourth-order valence-electron chi connectivity index (χ4n) is 2.52. The van der Waals surface area contributed by atoms with Crippen LogP contribution in [0.4, 0.5) is 11.8 Å². The highest BCUT2D eigenvalue weighted by Gasteiger charge is 2.18. The summed E-state index contributed by atoms with van der Waals surface area (Å²) in [5.74, 6) is -1.04. The summed E-state index contributed by atoms with van der Waals surface area (Å²) in [5.41, 5.74) is 12.6. The molecule has 0 aliphatic carbocycles. The van der Waals surface area contributed by atoms with Gasteiger partial charge in [-0.2, -0.15) is 0 Å². The molecule has 1 amide bonds. The molecule has 3 aromatic rings. The van der Waals surface area contributed by atoms with Crippen molar-refractivity contribution in [2.45, 2.75) is 18.2 Å². The van der Waals surface area contributed by atoms with Crippen molar-refractivity contribution in [2.75, 3.05) is 11.5 Å². The van der Waals surface area contributed by atoms with Crippen molar-refractivity contribution < 1.29 is 18.0 Å². The third-order valence-corrected chi connectivity index (χ3v) is 5.36. The molecule has 154 valence electrons. The number of nitrogen functional groups attached to an aromatic ring is 2. The van der Waals surface area contributed by atoms with Gasteiger partial charge in [0.05, 0.1) is 16.8 Å². The second-order valence-electron chi connectivity index (χ2n) is 6.22. The van der Waals surface area contributed by atoms with Crippen molar-refractivity contribution in [3.63, 3.8) is 0 Å². The Labute approximate surface area is 171 Å². The standard InChI is InChI=1S/C18H17N7O4S/c1-10(26)25-30(28,29)13-4-2-11(3-5-13)6-15(27)16-17(19)21-9-14(24-16)12-7-22-18(20)23-8-12/h2-5,7-9H,6H2,1H3,(H2,19,21)(H,25,26)(H2,20,22,23). The molecule has 11 nitrogen and oxygen atoms in total. The van der Waals surface area contributed by atoms with Crippen molar-refractivity contribution in [1.29, 1.82) is 0 Å². The maximum atomic E-state index is 12.7. The van der Waals surface area contributed by atoms with Gasteiger partial charge in [-0.15, -0.1) is 0 Å². The van der Waals surface area contributed by atoms with E-state index in [0.717, 1.165) is 6.92 Å². The molecule has 30 heavy (non-hydrogen) atoms. The SMILES string of the molecule is CC(=O)NS(=O)(=O)c1ccc(CC(=O)c2nc(-c3cnc(N)nc3)cnc2N)cc1. The molecule has 12 heteroatoms. The molecular formula is C18H17N7O4S. The van der Waals surface area contributed by atoms with Crippen molar-refractivity contribution in [1.82, 2.24) is 24.7 Å². The number of sulfonamides is 1. The summed E-state index contributed by atoms with van der Waals surface area (Å²) >= 11 is 0. The van der Waals surface area contributed by atoms with Gasteiger partial charge in [-0.25, -0.2) is 33.1 Å². The van der Waals surface area contributed by atoms with Crippen LogP contribution in [0.1, 0.15) is 23.0 Å². The number of ketones is 1. The summed E-state index contributed by atoms with van der Waals surface area (Å²) in [7, 11) is -3.95. The molecule has 0 unspecified atom stereocenters. The largest absolute Gasteiger partial charge is 0.382 e. The Morgan fingerprint density at radius 1 is 1.00 bits per heavy atom. The van der Waals surface area contributed by atoms with Crippen molar-refractivity contribution in [2.24, 2.45) is 0 Å². The highest BCUT2D eigenvalue weighted by atomic mass is 32.2. The highest BCUT2D eigenvalue weighted by molar-refractivity contribution is 7.90. The number of carbonyl (C=O) groups excluding carboxylic acids is 2. The number of amides is 1. The molecule has 5 N–H and O–H groups in total. The Morgan fingerprint density at radius 3 is 2.23 bits per heavy atom. The van der Waals surface area contributed by atoms with Gasteiger partial charge >= 0.3 is 0 Å². The van der Waals surface area contributed by atoms with Gasteiger partial charge in [0.2, 0.25) is 11.9 Å². The molecule has 1 aromatic carbocycles. The number of rotatable bonds is 6. The van der Waals surface area contributed by atoms with Crippen LogP contribution in [0.25, 0.3) is 11.3 Å². The molecule has 0 saturated heterocycles. The number of aromatic nitrogens is 4. The van der Waals surface area contributed by atoms with E-state index in [4.69, 9.17) is 11.5 Å². The van der Waals surface area contributed by atoms with Crippen LogP contribution in [0, 0.1) is 0 Å². The topological polar surface area (TPSA) is 184 Å². The fourth-order valence-corrected chi connectivity index (χ4v) is 3.51. The van der Waals surface area contributed by atoms with Crippen molar-refractivity contribution in [3.8, 4) is 11.3 Å². The summed E-state index contributed by atoms with van der Waals surface area (Å²) < 4.78 is 25.8. The Balaban J connectivity index is 1.81. The summed E-state index contributed by atoms with van der Waals surface area (Å²) in [6.45, 7) is 1.10. The molecule has 0 aliphatic heterocycles. The molecule has 0 saturated carbocycles. The number of Topliss-reactive ketones (excluding diaryl/α,β-unsaturated/α-hetero) is 1. The van der Waals surface area contributed by atoms with Gasteiger partial charge in [-0.1, -0.05) is 12.1 Å². The summed E-state index contributed by atoms with van der Waals surface area (Å²) in [6, 6.07) is 5.53. The zero-order chi connectivity index (χ0) is 21.9. The number of anilines is 2. The van der Waals surface area contributed by atoms with Gasteiger partial charge < -0.3 is 11.5 Å². The Hall–Kier alpha value is -3.93. The summed E-state index contributed by atoms with van der Waals surface area (Å²) in [4.78, 5) is 39.6. The first-order valence-electron chi connectivity index (χ1n) is 8.51. The third kappa shape index (κ3) is 4.72. The highest BCUT2D eigenvalue weighted by Crippen LogP contribution is 2.19. The van der Waals surface area contributed by atoms with Gasteiger partial charge in [-0.3, -0.25) is 9.59 Å². The molecule has 0 spiro atoms. The number of nitrogens with two attached hydrogens (primary N) is 2. The minimum atomic E-state index is -3.95. The Kier molecular flexibility index (Phi) is 5.69. The summed E-state index contributed by atoms with van der Waals surface area (Å²) in [6.07, 6.45) is 4.21. The van der Waals surface area contributed by atoms with Crippen LogP contribution in [0.3, 0.4) is 0 Å². The lowest BCUT2D eigenvalue weighted by Crippen LogP contribution is -2.28. The molecule has 2 aromatic heterocycles. The Bertz CT molecular complexity index is 1210. The molecule has 0 atom stereocenters. The molecule has 0 radical (unpaired) electrons. The van der Waals surface area contributed by atoms with Crippen LogP contribution in [-0.4, -0.2) is 40.0 Å². The van der Waals surface area contributed by atoms with E-state index in [1.807, 2.05) is 4.72 Å². The van der Waals surface area contributed by atoms with Crippen LogP contribution in [0.2, 0.25) is 0 Å². The van der Waals surface area contributed by atoms with Gasteiger partial charge in [0.25, 0.3) is 10.0 Å². The quantitative estimate of drug-likeness (QED) is 0.464. The van der Waals surface area contributed by atoms with E-state index in [0.29, 0.717) is 16.8 Å². The van der Waals surface area contributed by atoms with E-state index >= 15 is 0 Å². The van der Waals surface area contributed by atoms with Crippen LogP contribution in [-0.2, 0) is 21.2 Å². The molecule has 2 heterocycles. The smallest absolute Gasteiger partial charge is 0.264 e. The third-order valence-electron chi connectivity index (χ3n) is 3.91. The number of hydrogen-bond acceptors (Lipinski definition) is 10. The monoisotopic (exact) mass is 427 g/mol. The van der Waals surface area contributed by atoms with Gasteiger partial charge in [-0.05, 0) is 17.7 Å². The zero-order valence-corrected chi connectivity index (χ0v) is 16.5. The first-order chi connectivity index (χ1) is 14.2. The number of nitrogens with one attached hydrogen (secondary N) is 1. The average Bonchev–Trinajstić information content (AvgIpc) is 2.68. The first-order valence-corrected chi connectivity index (χ1v) is 10.00. The first kappa shape index (κ1) is 20.8. The van der Waals surface area contributed by atoms with E-state index in [9.17, 15) is 18.0 Å². The lowest BCUT2D eigenvalue weighted by Gasteiger charge is -2.08.